The number of nitrogens with zero attached hydrogens (tertiary/aromatic N) is 4. The highest BCUT2D eigenvalue weighted by atomic mass is 15.3. The van der Waals surface area contributed by atoms with Crippen molar-refractivity contribution >= 4 is 0 Å². The van der Waals surface area contributed by atoms with E-state index < -0.39 is 0 Å². The van der Waals surface area contributed by atoms with Crippen LogP contribution in [0.25, 0.3) is 22.4 Å². The molecular weight excluding hydrogens is 308 g/mol. The second-order valence-electron chi connectivity index (χ2n) is 6.36. The Kier molecular flexibility index (Phi) is 5.27. The lowest BCUT2D eigenvalue weighted by molar-refractivity contribution is 0.381. The molecule has 3 rings (SSSR count). The van der Waals surface area contributed by atoms with E-state index in [1.54, 1.807) is 0 Å². The van der Waals surface area contributed by atoms with Gasteiger partial charge in [-0.2, -0.15) is 10.4 Å². The fourth-order valence-electron chi connectivity index (χ4n) is 2.87. The fourth-order valence-corrected chi connectivity index (χ4v) is 2.87. The molecule has 1 heterocycles. The van der Waals surface area contributed by atoms with Gasteiger partial charge in [0.15, 0.2) is 0 Å². The molecular formula is C21H22N4. The van der Waals surface area contributed by atoms with Crippen LogP contribution in [0.5, 0.6) is 0 Å². The number of aryl methyl sites for hydroxylation is 1. The van der Waals surface area contributed by atoms with Crippen molar-refractivity contribution in [3.63, 3.8) is 0 Å². The van der Waals surface area contributed by atoms with E-state index in [1.807, 2.05) is 53.3 Å². The Morgan fingerprint density at radius 1 is 1.04 bits per heavy atom. The molecule has 0 unspecified atom stereocenters. The van der Waals surface area contributed by atoms with Crippen LogP contribution in [0.4, 0.5) is 0 Å². The summed E-state index contributed by atoms with van der Waals surface area (Å²) < 4.78 is 1.99. The average Bonchev–Trinajstić information content (AvgIpc) is 3.10. The minimum atomic E-state index is 0.689. The van der Waals surface area contributed by atoms with Gasteiger partial charge in [-0.25, -0.2) is 0 Å². The lowest BCUT2D eigenvalue weighted by atomic mass is 9.98. The van der Waals surface area contributed by atoms with Gasteiger partial charge in [-0.3, -0.25) is 4.68 Å². The molecule has 0 N–H and O–H groups in total. The molecule has 0 aliphatic rings. The lowest BCUT2D eigenvalue weighted by Gasteiger charge is -2.08. The van der Waals surface area contributed by atoms with Crippen molar-refractivity contribution in [3.8, 4) is 28.5 Å². The van der Waals surface area contributed by atoms with E-state index in [4.69, 9.17) is 0 Å². The van der Waals surface area contributed by atoms with Crippen LogP contribution in [0, 0.1) is 11.3 Å². The first-order valence-corrected chi connectivity index (χ1v) is 8.45. The Bertz CT molecular complexity index is 887. The highest BCUT2D eigenvalue weighted by Crippen LogP contribution is 2.27. The predicted octanol–water partition coefficient (Wildman–Crippen LogP) is 4.04. The fraction of sp³-hybridized carbons (Fsp3) is 0.238. The molecule has 25 heavy (non-hydrogen) atoms. The molecule has 0 amide bonds. The van der Waals surface area contributed by atoms with Gasteiger partial charge in [0.2, 0.25) is 0 Å². The van der Waals surface area contributed by atoms with Gasteiger partial charge in [-0.15, -0.1) is 0 Å². The van der Waals surface area contributed by atoms with Crippen molar-refractivity contribution in [3.05, 3.63) is 66.4 Å². The standard InChI is InChI=1S/C21H22N4/c1-24(2)12-6-13-25-14-11-21(23-25)18-9-5-8-17(15-18)20-10-4-3-7-19(20)16-22/h3-5,7-11,14-15H,6,12-13H2,1-2H3. The zero-order valence-electron chi connectivity index (χ0n) is 14.7. The Hall–Kier alpha value is -2.90. The van der Waals surface area contributed by atoms with Crippen molar-refractivity contribution in [2.24, 2.45) is 0 Å². The first kappa shape index (κ1) is 16.9. The maximum atomic E-state index is 9.32. The Morgan fingerprint density at radius 2 is 1.84 bits per heavy atom. The number of aromatic nitrogens is 2. The second-order valence-corrected chi connectivity index (χ2v) is 6.36. The molecule has 4 heteroatoms. The summed E-state index contributed by atoms with van der Waals surface area (Å²) in [6.07, 6.45) is 3.10. The summed E-state index contributed by atoms with van der Waals surface area (Å²) in [5.74, 6) is 0. The number of nitriles is 1. The molecule has 0 aliphatic carbocycles. The molecule has 0 radical (unpaired) electrons. The van der Waals surface area contributed by atoms with E-state index in [-0.39, 0.29) is 0 Å². The van der Waals surface area contributed by atoms with E-state index in [9.17, 15) is 5.26 Å². The third kappa shape index (κ3) is 4.14. The first-order valence-electron chi connectivity index (χ1n) is 8.45. The summed E-state index contributed by atoms with van der Waals surface area (Å²) in [7, 11) is 4.16. The van der Waals surface area contributed by atoms with Gasteiger partial charge < -0.3 is 4.90 Å². The van der Waals surface area contributed by atoms with Crippen molar-refractivity contribution in [1.29, 1.82) is 5.26 Å². The molecule has 0 atom stereocenters. The molecule has 1 aromatic heterocycles. The highest BCUT2D eigenvalue weighted by molar-refractivity contribution is 5.75. The molecule has 4 nitrogen and oxygen atoms in total. The minimum Gasteiger partial charge on any atom is -0.309 e. The largest absolute Gasteiger partial charge is 0.309 e. The summed E-state index contributed by atoms with van der Waals surface area (Å²) >= 11 is 0. The Labute approximate surface area is 148 Å². The van der Waals surface area contributed by atoms with Gasteiger partial charge in [0.05, 0.1) is 17.3 Å². The Balaban J connectivity index is 1.83. The third-order valence-electron chi connectivity index (χ3n) is 4.15. The van der Waals surface area contributed by atoms with E-state index in [1.165, 1.54) is 0 Å². The van der Waals surface area contributed by atoms with Crippen LogP contribution >= 0.6 is 0 Å². The highest BCUT2D eigenvalue weighted by Gasteiger charge is 2.07. The van der Waals surface area contributed by atoms with Crippen molar-refractivity contribution in [2.45, 2.75) is 13.0 Å². The molecule has 0 bridgehead atoms. The number of rotatable bonds is 6. The van der Waals surface area contributed by atoms with E-state index >= 15 is 0 Å². The van der Waals surface area contributed by atoms with Gasteiger partial charge in [0.1, 0.15) is 0 Å². The van der Waals surface area contributed by atoms with Gasteiger partial charge in [-0.05, 0) is 56.4 Å². The summed E-state index contributed by atoms with van der Waals surface area (Å²) in [5, 5.41) is 14.0. The molecule has 126 valence electrons. The van der Waals surface area contributed by atoms with Gasteiger partial charge in [-0.1, -0.05) is 36.4 Å². The normalized spacial score (nSPS) is 10.8. The van der Waals surface area contributed by atoms with Gasteiger partial charge in [0.25, 0.3) is 0 Å². The smallest absolute Gasteiger partial charge is 0.0998 e. The summed E-state index contributed by atoms with van der Waals surface area (Å²) in [4.78, 5) is 2.18. The molecule has 0 aliphatic heterocycles. The Morgan fingerprint density at radius 3 is 2.64 bits per heavy atom. The average molecular weight is 330 g/mol. The van der Waals surface area contributed by atoms with Crippen LogP contribution in [0.1, 0.15) is 12.0 Å². The van der Waals surface area contributed by atoms with Crippen LogP contribution in [0.15, 0.2) is 60.8 Å². The van der Waals surface area contributed by atoms with Gasteiger partial charge >= 0.3 is 0 Å². The molecule has 0 spiro atoms. The minimum absolute atomic E-state index is 0.689. The zero-order chi connectivity index (χ0) is 17.6. The topological polar surface area (TPSA) is 44.9 Å². The second kappa shape index (κ2) is 7.78. The summed E-state index contributed by atoms with van der Waals surface area (Å²) in [5.41, 5.74) is 4.71. The monoisotopic (exact) mass is 330 g/mol. The van der Waals surface area contributed by atoms with Crippen molar-refractivity contribution < 1.29 is 0 Å². The molecule has 0 saturated carbocycles. The van der Waals surface area contributed by atoms with E-state index in [0.29, 0.717) is 5.56 Å². The number of benzene rings is 2. The molecule has 0 saturated heterocycles. The predicted molar refractivity (Wildman–Crippen MR) is 101 cm³/mol. The summed E-state index contributed by atoms with van der Waals surface area (Å²) in [6.45, 7) is 1.96. The quantitative estimate of drug-likeness (QED) is 0.685. The van der Waals surface area contributed by atoms with E-state index in [0.717, 1.165) is 41.9 Å². The van der Waals surface area contributed by atoms with Gasteiger partial charge in [0, 0.05) is 18.3 Å². The zero-order valence-corrected chi connectivity index (χ0v) is 14.7. The maximum Gasteiger partial charge on any atom is 0.0998 e. The third-order valence-corrected chi connectivity index (χ3v) is 4.15. The van der Waals surface area contributed by atoms with Crippen LogP contribution in [-0.2, 0) is 6.54 Å². The number of hydrogen-bond acceptors (Lipinski definition) is 3. The molecule has 3 aromatic rings. The van der Waals surface area contributed by atoms with Crippen LogP contribution in [0.2, 0.25) is 0 Å². The first-order chi connectivity index (χ1) is 12.2. The van der Waals surface area contributed by atoms with Crippen molar-refractivity contribution in [2.75, 3.05) is 20.6 Å². The summed E-state index contributed by atoms with van der Waals surface area (Å²) in [6, 6.07) is 20.2. The van der Waals surface area contributed by atoms with Crippen molar-refractivity contribution in [1.82, 2.24) is 14.7 Å². The lowest BCUT2D eigenvalue weighted by Crippen LogP contribution is -2.15. The number of hydrogen-bond donors (Lipinski definition) is 0. The van der Waals surface area contributed by atoms with Crippen LogP contribution < -0.4 is 0 Å². The SMILES string of the molecule is CN(C)CCCn1ccc(-c2cccc(-c3ccccc3C#N)c2)n1. The maximum absolute atomic E-state index is 9.32. The molecule has 2 aromatic carbocycles. The van der Waals surface area contributed by atoms with Crippen LogP contribution in [0.3, 0.4) is 0 Å². The van der Waals surface area contributed by atoms with E-state index in [2.05, 4.69) is 42.3 Å². The van der Waals surface area contributed by atoms with Crippen LogP contribution in [-0.4, -0.2) is 35.3 Å². The molecule has 0 fully saturated rings.